The zero-order chi connectivity index (χ0) is 23.9. The molecule has 170 valence electrons. The van der Waals surface area contributed by atoms with Crippen LogP contribution < -0.4 is 5.14 Å². The molecule has 0 aliphatic rings. The van der Waals surface area contributed by atoms with Crippen molar-refractivity contribution in [2.75, 3.05) is 6.26 Å². The fraction of sp³-hybridized carbons (Fsp3) is 0.158. The Bertz CT molecular complexity index is 1380. The van der Waals surface area contributed by atoms with Crippen molar-refractivity contribution in [1.29, 1.82) is 0 Å². The molecule has 0 saturated heterocycles. The smallest absolute Gasteiger partial charge is 0.225 e. The lowest BCUT2D eigenvalue weighted by Gasteiger charge is -2.14. The third kappa shape index (κ3) is 5.44. The van der Waals surface area contributed by atoms with Crippen LogP contribution >= 0.6 is 11.6 Å². The van der Waals surface area contributed by atoms with Crippen molar-refractivity contribution < 1.29 is 30.0 Å². The molecule has 7 nitrogen and oxygen atoms in total. The van der Waals surface area contributed by atoms with Gasteiger partial charge in [0.05, 0.1) is 15.5 Å². The third-order valence-corrected chi connectivity index (χ3v) is 6.77. The molecule has 13 heteroatoms. The minimum absolute atomic E-state index is 0.0161. The number of primary sulfonamides is 1. The van der Waals surface area contributed by atoms with Crippen molar-refractivity contribution in [2.24, 2.45) is 5.14 Å². The highest BCUT2D eigenvalue weighted by molar-refractivity contribution is 7.90. The van der Waals surface area contributed by atoms with E-state index in [2.05, 4.69) is 9.97 Å². The van der Waals surface area contributed by atoms with Crippen molar-refractivity contribution in [2.45, 2.75) is 22.4 Å². The summed E-state index contributed by atoms with van der Waals surface area (Å²) in [6, 6.07) is 10.5. The zero-order valence-corrected chi connectivity index (χ0v) is 18.6. The molecule has 0 atom stereocenters. The summed E-state index contributed by atoms with van der Waals surface area (Å²) < 4.78 is 86.0. The van der Waals surface area contributed by atoms with Gasteiger partial charge in [-0.1, -0.05) is 35.9 Å². The second kappa shape index (κ2) is 8.43. The van der Waals surface area contributed by atoms with Crippen LogP contribution in [0.3, 0.4) is 0 Å². The van der Waals surface area contributed by atoms with E-state index in [-0.39, 0.29) is 33.0 Å². The molecule has 1 heterocycles. The van der Waals surface area contributed by atoms with Crippen molar-refractivity contribution in [3.8, 4) is 11.3 Å². The lowest BCUT2D eigenvalue weighted by atomic mass is 10.0. The number of rotatable bonds is 5. The van der Waals surface area contributed by atoms with E-state index in [4.69, 9.17) is 16.7 Å². The number of sulfonamides is 1. The summed E-state index contributed by atoms with van der Waals surface area (Å²) in [5.41, 5.74) is 0.725. The second-order valence-electron chi connectivity index (χ2n) is 6.83. The summed E-state index contributed by atoms with van der Waals surface area (Å²) in [7, 11) is -7.43. The first-order chi connectivity index (χ1) is 14.7. The summed E-state index contributed by atoms with van der Waals surface area (Å²) in [4.78, 5) is 6.84. The second-order valence-corrected chi connectivity index (χ2v) is 10.8. The van der Waals surface area contributed by atoms with Gasteiger partial charge in [0.2, 0.25) is 15.8 Å². The molecular weight excluding hydrogens is 491 g/mol. The van der Waals surface area contributed by atoms with Gasteiger partial charge < -0.3 is 0 Å². The van der Waals surface area contributed by atoms with Crippen LogP contribution in [0.15, 0.2) is 58.3 Å². The summed E-state index contributed by atoms with van der Waals surface area (Å²) in [6.45, 7) is 0. The van der Waals surface area contributed by atoms with Crippen LogP contribution in [0.4, 0.5) is 13.2 Å². The number of hydrogen-bond acceptors (Lipinski definition) is 6. The number of sulfone groups is 1. The first kappa shape index (κ1) is 24.1. The molecule has 0 bridgehead atoms. The molecule has 0 spiro atoms. The Balaban J connectivity index is 2.13. The number of nitrogens with two attached hydrogens (primary N) is 1. The molecule has 3 rings (SSSR count). The average molecular weight is 506 g/mol. The normalized spacial score (nSPS) is 12.7. The van der Waals surface area contributed by atoms with Crippen LogP contribution in [0.5, 0.6) is 0 Å². The number of hydrogen-bond donors (Lipinski definition) is 1. The van der Waals surface area contributed by atoms with E-state index in [9.17, 15) is 30.0 Å². The van der Waals surface area contributed by atoms with Crippen LogP contribution in [0.2, 0.25) is 5.15 Å². The Labute approximate surface area is 187 Å². The van der Waals surface area contributed by atoms with Crippen LogP contribution in [-0.2, 0) is 32.5 Å². The van der Waals surface area contributed by atoms with E-state index >= 15 is 0 Å². The van der Waals surface area contributed by atoms with Gasteiger partial charge in [0.1, 0.15) is 5.15 Å². The Hall–Kier alpha value is -2.54. The molecule has 2 N–H and O–H groups in total. The summed E-state index contributed by atoms with van der Waals surface area (Å²) in [6.07, 6.45) is -3.88. The molecule has 32 heavy (non-hydrogen) atoms. The van der Waals surface area contributed by atoms with Crippen LogP contribution in [0, 0.1) is 0 Å². The van der Waals surface area contributed by atoms with E-state index in [0.29, 0.717) is 5.56 Å². The van der Waals surface area contributed by atoms with Gasteiger partial charge in [0, 0.05) is 23.8 Å². The van der Waals surface area contributed by atoms with Gasteiger partial charge in [0.15, 0.2) is 9.84 Å². The van der Waals surface area contributed by atoms with Gasteiger partial charge in [-0.15, -0.1) is 0 Å². The molecule has 0 saturated carbocycles. The lowest BCUT2D eigenvalue weighted by molar-refractivity contribution is -0.144. The molecular formula is C19H15ClF3N3O4S2. The molecule has 2 aromatic carbocycles. The van der Waals surface area contributed by atoms with Crippen LogP contribution in [0.1, 0.15) is 17.0 Å². The fourth-order valence-corrected chi connectivity index (χ4v) is 4.22. The van der Waals surface area contributed by atoms with Crippen molar-refractivity contribution in [3.05, 3.63) is 70.6 Å². The maximum absolute atomic E-state index is 13.3. The van der Waals surface area contributed by atoms with Gasteiger partial charge in [-0.2, -0.15) is 13.2 Å². The highest BCUT2D eigenvalue weighted by Crippen LogP contribution is 2.34. The van der Waals surface area contributed by atoms with Crippen molar-refractivity contribution in [3.63, 3.8) is 0 Å². The Kier molecular flexibility index (Phi) is 6.35. The third-order valence-electron chi connectivity index (χ3n) is 4.40. The van der Waals surface area contributed by atoms with E-state index in [1.165, 1.54) is 48.5 Å². The van der Waals surface area contributed by atoms with E-state index < -0.39 is 37.0 Å². The molecule has 0 unspecified atom stereocenters. The average Bonchev–Trinajstić information content (AvgIpc) is 2.67. The minimum atomic E-state index is -4.86. The number of alkyl halides is 3. The first-order valence-electron chi connectivity index (χ1n) is 8.72. The quantitative estimate of drug-likeness (QED) is 0.530. The predicted molar refractivity (Wildman–Crippen MR) is 111 cm³/mol. The van der Waals surface area contributed by atoms with E-state index in [0.717, 1.165) is 6.26 Å². The molecule has 0 amide bonds. The number of benzene rings is 2. The van der Waals surface area contributed by atoms with Gasteiger partial charge in [0.25, 0.3) is 0 Å². The Morgan fingerprint density at radius 1 is 0.906 bits per heavy atom. The standard InChI is InChI=1S/C19H15ClF3N3O4S2/c1-31(27,28)13-8-4-12(5-9-13)16-15(17(20)26-18(25-16)19(21,22)23)10-11-2-6-14(7-3-11)32(24,29)30/h2-9H,10H2,1H3,(H2,24,29,30). The summed E-state index contributed by atoms with van der Waals surface area (Å²) in [5, 5.41) is 4.63. The summed E-state index contributed by atoms with van der Waals surface area (Å²) >= 11 is 6.09. The molecule has 0 radical (unpaired) electrons. The highest BCUT2D eigenvalue weighted by atomic mass is 35.5. The maximum atomic E-state index is 13.3. The largest absolute Gasteiger partial charge is 0.451 e. The van der Waals surface area contributed by atoms with Gasteiger partial charge in [-0.25, -0.2) is 31.9 Å². The SMILES string of the molecule is CS(=O)(=O)c1ccc(-c2nc(C(F)(F)F)nc(Cl)c2Cc2ccc(S(N)(=O)=O)cc2)cc1. The number of nitrogens with zero attached hydrogens (tertiary/aromatic N) is 2. The number of aromatic nitrogens is 2. The van der Waals surface area contributed by atoms with Crippen LogP contribution in [-0.4, -0.2) is 33.1 Å². The van der Waals surface area contributed by atoms with E-state index in [1.807, 2.05) is 0 Å². The van der Waals surface area contributed by atoms with Crippen molar-refractivity contribution in [1.82, 2.24) is 9.97 Å². The van der Waals surface area contributed by atoms with Gasteiger partial charge >= 0.3 is 6.18 Å². The molecule has 0 fully saturated rings. The molecule has 1 aromatic heterocycles. The minimum Gasteiger partial charge on any atom is -0.225 e. The zero-order valence-electron chi connectivity index (χ0n) is 16.3. The summed E-state index contributed by atoms with van der Waals surface area (Å²) in [5.74, 6) is -1.45. The predicted octanol–water partition coefficient (Wildman–Crippen LogP) is 3.46. The highest BCUT2D eigenvalue weighted by Gasteiger charge is 2.36. The Morgan fingerprint density at radius 2 is 1.44 bits per heavy atom. The fourth-order valence-electron chi connectivity index (χ4n) is 2.84. The van der Waals surface area contributed by atoms with Crippen molar-refractivity contribution >= 4 is 31.5 Å². The molecule has 0 aliphatic carbocycles. The number of halogens is 4. The first-order valence-corrected chi connectivity index (χ1v) is 12.5. The Morgan fingerprint density at radius 3 is 1.91 bits per heavy atom. The lowest BCUT2D eigenvalue weighted by Crippen LogP contribution is -2.14. The van der Waals surface area contributed by atoms with Crippen LogP contribution in [0.25, 0.3) is 11.3 Å². The monoisotopic (exact) mass is 505 g/mol. The topological polar surface area (TPSA) is 120 Å². The van der Waals surface area contributed by atoms with E-state index in [1.54, 1.807) is 0 Å². The molecule has 0 aliphatic heterocycles. The maximum Gasteiger partial charge on any atom is 0.451 e. The molecule has 3 aromatic rings. The van der Waals surface area contributed by atoms with Gasteiger partial charge in [-0.05, 0) is 29.8 Å². The van der Waals surface area contributed by atoms with Gasteiger partial charge in [-0.3, -0.25) is 0 Å².